The SMILES string of the molecule is Cc1ccn2cc(-c3cccc(S(=O)(=O)N4CCC[C@@H](C)C4)c3)nc2c1. The third-order valence-corrected chi connectivity index (χ3v) is 6.86. The molecule has 26 heavy (non-hydrogen) atoms. The summed E-state index contributed by atoms with van der Waals surface area (Å²) in [5.41, 5.74) is 3.60. The van der Waals surface area contributed by atoms with E-state index < -0.39 is 10.0 Å². The lowest BCUT2D eigenvalue weighted by atomic mass is 10.0. The summed E-state index contributed by atoms with van der Waals surface area (Å²) in [5.74, 6) is 0.406. The number of sulfonamides is 1. The number of aromatic nitrogens is 2. The molecule has 0 radical (unpaired) electrons. The monoisotopic (exact) mass is 369 g/mol. The Labute approximate surface area is 154 Å². The normalized spacial score (nSPS) is 19.1. The minimum Gasteiger partial charge on any atom is -0.306 e. The van der Waals surface area contributed by atoms with Crippen molar-refractivity contribution in [1.82, 2.24) is 13.7 Å². The summed E-state index contributed by atoms with van der Waals surface area (Å²) < 4.78 is 29.6. The maximum Gasteiger partial charge on any atom is 0.243 e. The van der Waals surface area contributed by atoms with E-state index in [0.717, 1.165) is 35.3 Å². The number of rotatable bonds is 3. The maximum atomic E-state index is 13.0. The van der Waals surface area contributed by atoms with Gasteiger partial charge in [0.2, 0.25) is 10.0 Å². The fourth-order valence-corrected chi connectivity index (χ4v) is 5.20. The van der Waals surface area contributed by atoms with Crippen molar-refractivity contribution in [2.45, 2.75) is 31.6 Å². The molecule has 1 aliphatic rings. The largest absolute Gasteiger partial charge is 0.306 e. The van der Waals surface area contributed by atoms with Crippen LogP contribution in [0.25, 0.3) is 16.9 Å². The smallest absolute Gasteiger partial charge is 0.243 e. The lowest BCUT2D eigenvalue weighted by Crippen LogP contribution is -2.39. The van der Waals surface area contributed by atoms with Crippen LogP contribution in [0.15, 0.2) is 53.7 Å². The Balaban J connectivity index is 1.71. The highest BCUT2D eigenvalue weighted by atomic mass is 32.2. The van der Waals surface area contributed by atoms with E-state index in [1.165, 1.54) is 0 Å². The maximum absolute atomic E-state index is 13.0. The molecule has 1 saturated heterocycles. The molecule has 3 heterocycles. The van der Waals surface area contributed by atoms with E-state index in [1.807, 2.05) is 41.9 Å². The van der Waals surface area contributed by atoms with Crippen LogP contribution in [0.5, 0.6) is 0 Å². The summed E-state index contributed by atoms with van der Waals surface area (Å²) in [4.78, 5) is 4.99. The summed E-state index contributed by atoms with van der Waals surface area (Å²) in [6, 6.07) is 11.2. The van der Waals surface area contributed by atoms with Crippen LogP contribution in [0.2, 0.25) is 0 Å². The molecule has 0 unspecified atom stereocenters. The van der Waals surface area contributed by atoms with Gasteiger partial charge in [0, 0.05) is 31.0 Å². The number of hydrogen-bond donors (Lipinski definition) is 0. The van der Waals surface area contributed by atoms with Gasteiger partial charge in [-0.3, -0.25) is 0 Å². The molecule has 1 atom stereocenters. The van der Waals surface area contributed by atoms with Crippen LogP contribution in [0.1, 0.15) is 25.3 Å². The molecule has 0 amide bonds. The molecule has 0 saturated carbocycles. The van der Waals surface area contributed by atoms with Gasteiger partial charge in [0.25, 0.3) is 0 Å². The molecule has 0 spiro atoms. The van der Waals surface area contributed by atoms with Gasteiger partial charge in [-0.2, -0.15) is 4.31 Å². The van der Waals surface area contributed by atoms with Gasteiger partial charge in [-0.15, -0.1) is 0 Å². The Morgan fingerprint density at radius 1 is 1.19 bits per heavy atom. The summed E-state index contributed by atoms with van der Waals surface area (Å²) >= 11 is 0. The van der Waals surface area contributed by atoms with Gasteiger partial charge >= 0.3 is 0 Å². The first-order valence-electron chi connectivity index (χ1n) is 8.99. The summed E-state index contributed by atoms with van der Waals surface area (Å²) in [7, 11) is -3.46. The summed E-state index contributed by atoms with van der Waals surface area (Å²) in [6.07, 6.45) is 5.92. The average Bonchev–Trinajstić information content (AvgIpc) is 3.05. The van der Waals surface area contributed by atoms with E-state index in [0.29, 0.717) is 23.9 Å². The topological polar surface area (TPSA) is 54.7 Å². The lowest BCUT2D eigenvalue weighted by molar-refractivity contribution is 0.281. The highest BCUT2D eigenvalue weighted by molar-refractivity contribution is 7.89. The second kappa shape index (κ2) is 6.52. The minimum absolute atomic E-state index is 0.345. The van der Waals surface area contributed by atoms with E-state index in [4.69, 9.17) is 0 Å². The molecular formula is C20H23N3O2S. The second-order valence-electron chi connectivity index (χ2n) is 7.23. The van der Waals surface area contributed by atoms with Crippen LogP contribution < -0.4 is 0 Å². The number of nitrogens with zero attached hydrogens (tertiary/aromatic N) is 3. The van der Waals surface area contributed by atoms with Gasteiger partial charge in [-0.05, 0) is 55.5 Å². The predicted molar refractivity (Wildman–Crippen MR) is 103 cm³/mol. The molecule has 1 fully saturated rings. The number of pyridine rings is 1. The van der Waals surface area contributed by atoms with Crippen molar-refractivity contribution >= 4 is 15.7 Å². The molecule has 6 heteroatoms. The Kier molecular flexibility index (Phi) is 4.32. The lowest BCUT2D eigenvalue weighted by Gasteiger charge is -2.30. The molecule has 3 aromatic rings. The van der Waals surface area contributed by atoms with Gasteiger partial charge in [-0.25, -0.2) is 13.4 Å². The van der Waals surface area contributed by atoms with Crippen LogP contribution in [0.4, 0.5) is 0 Å². The van der Waals surface area contributed by atoms with E-state index in [9.17, 15) is 8.42 Å². The zero-order chi connectivity index (χ0) is 18.3. The Morgan fingerprint density at radius 3 is 2.85 bits per heavy atom. The Bertz CT molecular complexity index is 1060. The zero-order valence-corrected chi connectivity index (χ0v) is 15.9. The van der Waals surface area contributed by atoms with E-state index in [2.05, 4.69) is 11.9 Å². The molecule has 1 aliphatic heterocycles. The minimum atomic E-state index is -3.46. The molecule has 4 rings (SSSR count). The van der Waals surface area contributed by atoms with Gasteiger partial charge in [0.1, 0.15) is 5.65 Å². The third-order valence-electron chi connectivity index (χ3n) is 5.00. The van der Waals surface area contributed by atoms with Crippen LogP contribution in [-0.2, 0) is 10.0 Å². The van der Waals surface area contributed by atoms with Crippen molar-refractivity contribution in [2.75, 3.05) is 13.1 Å². The molecule has 5 nitrogen and oxygen atoms in total. The van der Waals surface area contributed by atoms with Crippen LogP contribution >= 0.6 is 0 Å². The molecule has 136 valence electrons. The van der Waals surface area contributed by atoms with E-state index >= 15 is 0 Å². The van der Waals surface area contributed by atoms with Crippen molar-refractivity contribution in [3.8, 4) is 11.3 Å². The quantitative estimate of drug-likeness (QED) is 0.707. The fraction of sp³-hybridized carbons (Fsp3) is 0.350. The van der Waals surface area contributed by atoms with Crippen LogP contribution in [0, 0.1) is 12.8 Å². The number of piperidine rings is 1. The van der Waals surface area contributed by atoms with Crippen molar-refractivity contribution < 1.29 is 8.42 Å². The number of benzene rings is 1. The first kappa shape index (κ1) is 17.2. The van der Waals surface area contributed by atoms with Crippen molar-refractivity contribution in [2.24, 2.45) is 5.92 Å². The molecule has 0 N–H and O–H groups in total. The zero-order valence-electron chi connectivity index (χ0n) is 15.1. The van der Waals surface area contributed by atoms with Crippen LogP contribution in [-0.4, -0.2) is 35.2 Å². The van der Waals surface area contributed by atoms with Gasteiger partial charge in [-0.1, -0.05) is 19.1 Å². The van der Waals surface area contributed by atoms with Crippen LogP contribution in [0.3, 0.4) is 0 Å². The van der Waals surface area contributed by atoms with Gasteiger partial charge in [0.15, 0.2) is 0 Å². The van der Waals surface area contributed by atoms with Gasteiger partial charge < -0.3 is 4.40 Å². The first-order valence-corrected chi connectivity index (χ1v) is 10.4. The highest BCUT2D eigenvalue weighted by Gasteiger charge is 2.28. The second-order valence-corrected chi connectivity index (χ2v) is 9.17. The standard InChI is InChI=1S/C20H23N3O2S/c1-15-8-10-22-14-19(21-20(22)11-15)17-6-3-7-18(12-17)26(24,25)23-9-4-5-16(2)13-23/h3,6-8,10-12,14,16H,4-5,9,13H2,1-2H3/t16-/m1/s1. The van der Waals surface area contributed by atoms with Crippen molar-refractivity contribution in [3.05, 3.63) is 54.4 Å². The number of fused-ring (bicyclic) bond motifs is 1. The number of aryl methyl sites for hydroxylation is 1. The highest BCUT2D eigenvalue weighted by Crippen LogP contribution is 2.27. The number of hydrogen-bond acceptors (Lipinski definition) is 3. The third kappa shape index (κ3) is 3.15. The number of imidazole rings is 1. The van der Waals surface area contributed by atoms with Gasteiger partial charge in [0.05, 0.1) is 10.6 Å². The van der Waals surface area contributed by atoms with E-state index in [-0.39, 0.29) is 0 Å². The van der Waals surface area contributed by atoms with E-state index in [1.54, 1.807) is 22.5 Å². The molecular weight excluding hydrogens is 346 g/mol. The van der Waals surface area contributed by atoms with Crippen molar-refractivity contribution in [3.63, 3.8) is 0 Å². The Morgan fingerprint density at radius 2 is 2.04 bits per heavy atom. The summed E-state index contributed by atoms with van der Waals surface area (Å²) in [5, 5.41) is 0. The molecule has 2 aromatic heterocycles. The molecule has 0 bridgehead atoms. The first-order chi connectivity index (χ1) is 12.4. The Hall–Kier alpha value is -2.18. The average molecular weight is 369 g/mol. The fourth-order valence-electron chi connectivity index (χ4n) is 3.55. The predicted octanol–water partition coefficient (Wildman–Crippen LogP) is 3.73. The molecule has 0 aliphatic carbocycles. The molecule has 1 aromatic carbocycles. The summed E-state index contributed by atoms with van der Waals surface area (Å²) in [6.45, 7) is 5.34. The van der Waals surface area contributed by atoms with Crippen molar-refractivity contribution in [1.29, 1.82) is 0 Å².